The first-order chi connectivity index (χ1) is 15.7. The molecule has 0 spiro atoms. The van der Waals surface area contributed by atoms with Crippen LogP contribution in [0.25, 0.3) is 10.9 Å². The van der Waals surface area contributed by atoms with E-state index in [0.717, 1.165) is 47.2 Å². The minimum atomic E-state index is -1.34. The van der Waals surface area contributed by atoms with Crippen LogP contribution in [0.3, 0.4) is 0 Å². The Hall–Kier alpha value is -3.17. The molecule has 33 heavy (non-hydrogen) atoms. The van der Waals surface area contributed by atoms with Crippen LogP contribution in [0.5, 0.6) is 0 Å². The van der Waals surface area contributed by atoms with Crippen LogP contribution < -0.4 is 16.6 Å². The average Bonchev–Trinajstić information content (AvgIpc) is 2.76. The number of fused-ring (bicyclic) bond motifs is 1. The normalized spacial score (nSPS) is 11.7. The lowest BCUT2D eigenvalue weighted by molar-refractivity contribution is 0.0689. The first-order valence-electron chi connectivity index (χ1n) is 10.8. The van der Waals surface area contributed by atoms with Gasteiger partial charge in [0.1, 0.15) is 5.69 Å². The van der Waals surface area contributed by atoms with Gasteiger partial charge in [0.05, 0.1) is 5.52 Å². The summed E-state index contributed by atoms with van der Waals surface area (Å²) in [7, 11) is 0. The van der Waals surface area contributed by atoms with Crippen LogP contribution in [-0.2, 0) is 0 Å². The third-order valence-electron chi connectivity index (χ3n) is 5.10. The second-order valence-electron chi connectivity index (χ2n) is 7.54. The number of carboxylic acid groups (broad SMARTS) is 1. The number of pyridine rings is 1. The smallest absolute Gasteiger partial charge is 0.352 e. The predicted molar refractivity (Wildman–Crippen MR) is 132 cm³/mol. The second-order valence-corrected chi connectivity index (χ2v) is 7.98. The Kier molecular flexibility index (Phi) is 10.1. The number of nitrogens with zero attached hydrogens (tertiary/aromatic N) is 2. The number of aromatic amines is 2. The van der Waals surface area contributed by atoms with E-state index in [1.165, 1.54) is 13.0 Å². The molecule has 9 nitrogen and oxygen atoms in total. The van der Waals surface area contributed by atoms with Crippen molar-refractivity contribution < 1.29 is 9.90 Å². The fourth-order valence-corrected chi connectivity index (χ4v) is 3.50. The molecule has 178 valence electrons. The topological polar surface area (TPSA) is 131 Å². The first kappa shape index (κ1) is 26.1. The van der Waals surface area contributed by atoms with E-state index in [1.807, 2.05) is 40.4 Å². The number of anilines is 1. The molecule has 1 unspecified atom stereocenters. The molecular weight excluding hydrogens is 446 g/mol. The van der Waals surface area contributed by atoms with Crippen molar-refractivity contribution in [2.24, 2.45) is 0 Å². The van der Waals surface area contributed by atoms with Crippen molar-refractivity contribution in [1.29, 1.82) is 0 Å². The quantitative estimate of drug-likeness (QED) is 0.372. The number of aromatic carboxylic acids is 1. The van der Waals surface area contributed by atoms with Gasteiger partial charge in [-0.2, -0.15) is 0 Å². The molecule has 0 radical (unpaired) electrons. The zero-order valence-electron chi connectivity index (χ0n) is 19.0. The predicted octanol–water partition coefficient (Wildman–Crippen LogP) is 3.57. The fraction of sp³-hybridized carbons (Fsp3) is 0.391. The monoisotopic (exact) mass is 475 g/mol. The number of rotatable bonds is 9. The molecule has 0 saturated carbocycles. The number of carbonyl (C=O) groups is 1. The molecular formula is C23H30ClN5O4. The zero-order valence-corrected chi connectivity index (χ0v) is 19.8. The highest BCUT2D eigenvalue weighted by Gasteiger charge is 2.08. The van der Waals surface area contributed by atoms with Crippen LogP contribution in [-0.4, -0.2) is 56.6 Å². The largest absolute Gasteiger partial charge is 0.477 e. The molecule has 0 aliphatic rings. The summed E-state index contributed by atoms with van der Waals surface area (Å²) in [6.45, 7) is 10.1. The third-order valence-corrected chi connectivity index (χ3v) is 5.34. The van der Waals surface area contributed by atoms with Crippen molar-refractivity contribution in [3.05, 3.63) is 68.1 Å². The molecule has 0 fully saturated rings. The Morgan fingerprint density at radius 1 is 1.18 bits per heavy atom. The summed E-state index contributed by atoms with van der Waals surface area (Å²) in [5, 5.41) is 13.8. The number of aromatic nitrogens is 3. The Bertz CT molecular complexity index is 1140. The number of hydrogen-bond donors (Lipinski definition) is 4. The summed E-state index contributed by atoms with van der Waals surface area (Å²) in [4.78, 5) is 41.7. The Balaban J connectivity index is 0.000000294. The average molecular weight is 476 g/mol. The first-order valence-corrected chi connectivity index (χ1v) is 11.2. The lowest BCUT2D eigenvalue weighted by Gasteiger charge is -2.20. The zero-order chi connectivity index (χ0) is 24.4. The van der Waals surface area contributed by atoms with Crippen molar-refractivity contribution in [3.8, 4) is 0 Å². The summed E-state index contributed by atoms with van der Waals surface area (Å²) in [5.41, 5.74) is 0.102. The molecule has 0 aliphatic heterocycles. The minimum Gasteiger partial charge on any atom is -0.477 e. The highest BCUT2D eigenvalue weighted by Crippen LogP contribution is 2.25. The van der Waals surface area contributed by atoms with Crippen LogP contribution in [0.1, 0.15) is 44.1 Å². The van der Waals surface area contributed by atoms with Crippen molar-refractivity contribution in [1.82, 2.24) is 19.9 Å². The van der Waals surface area contributed by atoms with E-state index < -0.39 is 22.9 Å². The number of benzene rings is 1. The van der Waals surface area contributed by atoms with Crippen molar-refractivity contribution in [2.75, 3.05) is 25.0 Å². The lowest BCUT2D eigenvalue weighted by atomic mass is 10.1. The Morgan fingerprint density at radius 2 is 1.91 bits per heavy atom. The van der Waals surface area contributed by atoms with Gasteiger partial charge in [-0.25, -0.2) is 9.59 Å². The highest BCUT2D eigenvalue weighted by atomic mass is 35.5. The molecule has 0 saturated heterocycles. The van der Waals surface area contributed by atoms with Gasteiger partial charge in [0.25, 0.3) is 5.56 Å². The Morgan fingerprint density at radius 3 is 2.55 bits per heavy atom. The fourth-order valence-electron chi connectivity index (χ4n) is 3.33. The van der Waals surface area contributed by atoms with E-state index in [4.69, 9.17) is 16.7 Å². The maximum absolute atomic E-state index is 10.5. The van der Waals surface area contributed by atoms with Crippen LogP contribution in [0.4, 0.5) is 5.69 Å². The van der Waals surface area contributed by atoms with Gasteiger partial charge >= 0.3 is 11.7 Å². The molecule has 0 aliphatic carbocycles. The van der Waals surface area contributed by atoms with Crippen LogP contribution >= 0.6 is 11.6 Å². The molecule has 1 aromatic carbocycles. The van der Waals surface area contributed by atoms with Crippen molar-refractivity contribution in [2.45, 2.75) is 39.7 Å². The summed E-state index contributed by atoms with van der Waals surface area (Å²) < 4.78 is 0. The summed E-state index contributed by atoms with van der Waals surface area (Å²) in [5.74, 6) is -1.34. The van der Waals surface area contributed by atoms with Gasteiger partial charge in [-0.3, -0.25) is 14.8 Å². The van der Waals surface area contributed by atoms with Crippen LogP contribution in [0.2, 0.25) is 5.02 Å². The number of carboxylic acids is 1. The van der Waals surface area contributed by atoms with Crippen molar-refractivity contribution >= 4 is 34.2 Å². The van der Waals surface area contributed by atoms with Crippen LogP contribution in [0.15, 0.2) is 46.1 Å². The van der Waals surface area contributed by atoms with E-state index >= 15 is 0 Å². The van der Waals surface area contributed by atoms with Gasteiger partial charge in [0.15, 0.2) is 0 Å². The van der Waals surface area contributed by atoms with Gasteiger partial charge in [0.2, 0.25) is 0 Å². The highest BCUT2D eigenvalue weighted by molar-refractivity contribution is 6.31. The molecule has 2 aromatic heterocycles. The summed E-state index contributed by atoms with van der Waals surface area (Å²) in [6, 6.07) is 9.14. The van der Waals surface area contributed by atoms with Crippen molar-refractivity contribution in [3.63, 3.8) is 0 Å². The van der Waals surface area contributed by atoms with Gasteiger partial charge in [-0.05, 0) is 63.7 Å². The second kappa shape index (κ2) is 12.8. The molecule has 0 amide bonds. The molecule has 10 heteroatoms. The SMILES string of the molecule is CCN(CC)CCCC(C)Nc1ccnc2cc(Cl)ccc12.O=C(O)c1cc(=O)[nH]c(=O)[nH]1. The van der Waals surface area contributed by atoms with Gasteiger partial charge in [-0.1, -0.05) is 25.4 Å². The standard InChI is InChI=1S/C18H26ClN3.C5H4N2O4/c1-4-22(5-2)12-6-7-14(3)21-17-10-11-20-18-13-15(19)8-9-16(17)18;8-3-1-2(4(9)10)6-5(11)7-3/h8-11,13-14H,4-7,12H2,1-3H3,(H,20,21);1H,(H,9,10)(H2,6,7,8,11). The molecule has 3 rings (SSSR count). The van der Waals surface area contributed by atoms with E-state index in [0.29, 0.717) is 6.04 Å². The number of nitrogens with one attached hydrogen (secondary N) is 3. The van der Waals surface area contributed by atoms with Gasteiger partial charge < -0.3 is 20.3 Å². The van der Waals surface area contributed by atoms with E-state index in [9.17, 15) is 14.4 Å². The van der Waals surface area contributed by atoms with E-state index in [1.54, 1.807) is 0 Å². The molecule has 0 bridgehead atoms. The number of H-pyrrole nitrogens is 2. The van der Waals surface area contributed by atoms with E-state index in [2.05, 4.69) is 36.0 Å². The Labute approximate surface area is 196 Å². The number of halogens is 1. The summed E-state index contributed by atoms with van der Waals surface area (Å²) in [6.07, 6.45) is 4.21. The van der Waals surface area contributed by atoms with Gasteiger partial charge in [-0.15, -0.1) is 0 Å². The minimum absolute atomic E-state index is 0.418. The maximum Gasteiger partial charge on any atom is 0.352 e. The molecule has 4 N–H and O–H groups in total. The molecule has 2 heterocycles. The molecule has 1 atom stereocenters. The number of hydrogen-bond acceptors (Lipinski definition) is 6. The molecule has 3 aromatic rings. The third kappa shape index (κ3) is 8.36. The van der Waals surface area contributed by atoms with Gasteiger partial charge in [0, 0.05) is 34.4 Å². The summed E-state index contributed by atoms with van der Waals surface area (Å²) >= 11 is 6.04. The van der Waals surface area contributed by atoms with Crippen LogP contribution in [0, 0.1) is 0 Å². The lowest BCUT2D eigenvalue weighted by Crippen LogP contribution is -2.25. The maximum atomic E-state index is 10.5. The van der Waals surface area contributed by atoms with E-state index in [-0.39, 0.29) is 0 Å².